The number of nitrogens with two attached hydrogens (primary N) is 1. The van der Waals surface area contributed by atoms with E-state index in [9.17, 15) is 4.79 Å². The number of carbonyl (C=O) groups excluding carboxylic acids is 1. The van der Waals surface area contributed by atoms with Crippen LogP contribution in [0.1, 0.15) is 12.0 Å². The summed E-state index contributed by atoms with van der Waals surface area (Å²) < 4.78 is 0. The first-order valence-corrected chi connectivity index (χ1v) is 5.54. The first-order chi connectivity index (χ1) is 7.65. The van der Waals surface area contributed by atoms with E-state index in [1.807, 2.05) is 19.1 Å². The predicted molar refractivity (Wildman–Crippen MR) is 65.4 cm³/mol. The first-order valence-electron chi connectivity index (χ1n) is 5.54. The summed E-state index contributed by atoms with van der Waals surface area (Å²) in [7, 11) is 0. The van der Waals surface area contributed by atoms with Gasteiger partial charge in [0.25, 0.3) is 0 Å². The Morgan fingerprint density at radius 2 is 2.12 bits per heavy atom. The minimum Gasteiger partial charge on any atom is -0.399 e. The van der Waals surface area contributed by atoms with Gasteiger partial charge in [-0.2, -0.15) is 0 Å². The van der Waals surface area contributed by atoms with E-state index < -0.39 is 0 Å². The van der Waals surface area contributed by atoms with Gasteiger partial charge in [-0.3, -0.25) is 4.79 Å². The van der Waals surface area contributed by atoms with Gasteiger partial charge in [0, 0.05) is 37.4 Å². The van der Waals surface area contributed by atoms with Crippen LogP contribution < -0.4 is 16.0 Å². The highest BCUT2D eigenvalue weighted by Gasteiger charge is 2.14. The van der Waals surface area contributed by atoms with Crippen LogP contribution in [0.5, 0.6) is 0 Å². The minimum atomic E-state index is 0.128. The average Bonchev–Trinajstić information content (AvgIpc) is 2.41. The molecule has 1 aliphatic rings. The third kappa shape index (κ3) is 2.45. The van der Waals surface area contributed by atoms with Crippen molar-refractivity contribution in [1.29, 1.82) is 0 Å². The van der Waals surface area contributed by atoms with E-state index in [-0.39, 0.29) is 5.91 Å². The minimum absolute atomic E-state index is 0.128. The molecule has 0 radical (unpaired) electrons. The van der Waals surface area contributed by atoms with Gasteiger partial charge < -0.3 is 16.0 Å². The third-order valence-electron chi connectivity index (χ3n) is 2.76. The monoisotopic (exact) mass is 219 g/mol. The molecule has 0 spiro atoms. The summed E-state index contributed by atoms with van der Waals surface area (Å²) >= 11 is 0. The Labute approximate surface area is 95.4 Å². The average molecular weight is 219 g/mol. The van der Waals surface area contributed by atoms with Crippen molar-refractivity contribution in [2.45, 2.75) is 13.3 Å². The van der Waals surface area contributed by atoms with Crippen molar-refractivity contribution in [1.82, 2.24) is 5.32 Å². The van der Waals surface area contributed by atoms with Crippen LogP contribution in [0.4, 0.5) is 11.4 Å². The molecule has 4 heteroatoms. The molecule has 1 heterocycles. The van der Waals surface area contributed by atoms with Gasteiger partial charge in [0.1, 0.15) is 0 Å². The van der Waals surface area contributed by atoms with Crippen molar-refractivity contribution >= 4 is 17.3 Å². The molecule has 1 aliphatic heterocycles. The molecule has 16 heavy (non-hydrogen) atoms. The predicted octanol–water partition coefficient (Wildman–Crippen LogP) is 0.904. The molecule has 86 valence electrons. The number of nitrogens with one attached hydrogen (secondary N) is 1. The highest BCUT2D eigenvalue weighted by Crippen LogP contribution is 2.20. The Bertz CT molecular complexity index is 383. The van der Waals surface area contributed by atoms with Crippen LogP contribution in [-0.2, 0) is 4.79 Å². The molecule has 0 aliphatic carbocycles. The molecular weight excluding hydrogens is 202 g/mol. The van der Waals surface area contributed by atoms with Crippen molar-refractivity contribution in [3.63, 3.8) is 0 Å². The maximum Gasteiger partial charge on any atom is 0.221 e. The second-order valence-electron chi connectivity index (χ2n) is 4.19. The van der Waals surface area contributed by atoms with Crippen molar-refractivity contribution < 1.29 is 4.79 Å². The van der Waals surface area contributed by atoms with Crippen LogP contribution in [0.2, 0.25) is 0 Å². The number of rotatable bonds is 1. The number of amides is 1. The van der Waals surface area contributed by atoms with Gasteiger partial charge in [-0.25, -0.2) is 0 Å². The van der Waals surface area contributed by atoms with Gasteiger partial charge in [-0.1, -0.05) is 0 Å². The van der Waals surface area contributed by atoms with Crippen molar-refractivity contribution in [2.24, 2.45) is 0 Å². The molecule has 0 aromatic heterocycles. The summed E-state index contributed by atoms with van der Waals surface area (Å²) in [5.41, 5.74) is 8.86. The summed E-state index contributed by atoms with van der Waals surface area (Å²) in [5, 5.41) is 2.86. The van der Waals surface area contributed by atoms with E-state index >= 15 is 0 Å². The van der Waals surface area contributed by atoms with Gasteiger partial charge in [-0.05, 0) is 30.7 Å². The van der Waals surface area contributed by atoms with Gasteiger partial charge in [0.15, 0.2) is 0 Å². The number of anilines is 2. The fourth-order valence-electron chi connectivity index (χ4n) is 2.00. The van der Waals surface area contributed by atoms with Crippen molar-refractivity contribution in [3.05, 3.63) is 23.8 Å². The number of nitrogen functional groups attached to an aromatic ring is 1. The maximum absolute atomic E-state index is 11.2. The molecule has 4 nitrogen and oxygen atoms in total. The lowest BCUT2D eigenvalue weighted by Crippen LogP contribution is -2.28. The largest absolute Gasteiger partial charge is 0.399 e. The normalized spacial score (nSPS) is 16.8. The van der Waals surface area contributed by atoms with E-state index in [1.165, 1.54) is 0 Å². The third-order valence-corrected chi connectivity index (χ3v) is 2.76. The number of hydrogen-bond acceptors (Lipinski definition) is 3. The summed E-state index contributed by atoms with van der Waals surface area (Å²) in [6.07, 6.45) is 0.549. The smallest absolute Gasteiger partial charge is 0.221 e. The molecule has 0 unspecified atom stereocenters. The van der Waals surface area contributed by atoms with E-state index in [1.54, 1.807) is 0 Å². The van der Waals surface area contributed by atoms with Crippen LogP contribution in [0.25, 0.3) is 0 Å². The second kappa shape index (κ2) is 4.43. The van der Waals surface area contributed by atoms with E-state index in [0.29, 0.717) is 13.0 Å². The molecule has 0 saturated carbocycles. The number of nitrogens with zero attached hydrogens (tertiary/aromatic N) is 1. The van der Waals surface area contributed by atoms with Crippen molar-refractivity contribution in [3.8, 4) is 0 Å². The van der Waals surface area contributed by atoms with Crippen LogP contribution in [0.3, 0.4) is 0 Å². The molecule has 0 atom stereocenters. The zero-order valence-corrected chi connectivity index (χ0v) is 9.49. The summed E-state index contributed by atoms with van der Waals surface area (Å²) in [6, 6.07) is 6.01. The SMILES string of the molecule is Cc1cc(N)cc(N2CCNC(=O)CC2)c1. The molecular formula is C12H17N3O. The Hall–Kier alpha value is -1.71. The van der Waals surface area contributed by atoms with Gasteiger partial charge in [0.2, 0.25) is 5.91 Å². The highest BCUT2D eigenvalue weighted by molar-refractivity contribution is 5.77. The Morgan fingerprint density at radius 1 is 1.31 bits per heavy atom. The molecule has 1 saturated heterocycles. The second-order valence-corrected chi connectivity index (χ2v) is 4.19. The standard InChI is InChI=1S/C12H17N3O/c1-9-6-10(13)8-11(7-9)15-4-2-12(16)14-3-5-15/h6-8H,2-5,13H2,1H3,(H,14,16). The van der Waals surface area contributed by atoms with Gasteiger partial charge >= 0.3 is 0 Å². The zero-order valence-electron chi connectivity index (χ0n) is 9.49. The lowest BCUT2D eigenvalue weighted by Gasteiger charge is -2.22. The lowest BCUT2D eigenvalue weighted by molar-refractivity contribution is -0.120. The first kappa shape index (κ1) is 10.8. The van der Waals surface area contributed by atoms with Crippen LogP contribution in [-0.4, -0.2) is 25.5 Å². The fraction of sp³-hybridized carbons (Fsp3) is 0.417. The molecule has 2 rings (SSSR count). The van der Waals surface area contributed by atoms with Crippen LogP contribution in [0, 0.1) is 6.92 Å². The number of aryl methyl sites for hydroxylation is 1. The number of benzene rings is 1. The number of hydrogen-bond donors (Lipinski definition) is 2. The quantitative estimate of drug-likeness (QED) is 0.690. The highest BCUT2D eigenvalue weighted by atomic mass is 16.1. The van der Waals surface area contributed by atoms with E-state index in [0.717, 1.165) is 30.0 Å². The Morgan fingerprint density at radius 3 is 2.88 bits per heavy atom. The molecule has 1 aromatic carbocycles. The summed E-state index contributed by atoms with van der Waals surface area (Å²) in [5.74, 6) is 0.128. The Balaban J connectivity index is 2.19. The summed E-state index contributed by atoms with van der Waals surface area (Å²) in [4.78, 5) is 13.4. The van der Waals surface area contributed by atoms with Crippen LogP contribution in [0.15, 0.2) is 18.2 Å². The van der Waals surface area contributed by atoms with Gasteiger partial charge in [-0.15, -0.1) is 0 Å². The summed E-state index contributed by atoms with van der Waals surface area (Å²) in [6.45, 7) is 4.33. The molecule has 0 bridgehead atoms. The fourth-order valence-corrected chi connectivity index (χ4v) is 2.00. The molecule has 1 amide bonds. The van der Waals surface area contributed by atoms with Crippen LogP contribution >= 0.6 is 0 Å². The molecule has 3 N–H and O–H groups in total. The maximum atomic E-state index is 11.2. The lowest BCUT2D eigenvalue weighted by atomic mass is 10.2. The Kier molecular flexibility index (Phi) is 2.99. The zero-order chi connectivity index (χ0) is 11.5. The topological polar surface area (TPSA) is 58.4 Å². The molecule has 1 aromatic rings. The number of carbonyl (C=O) groups is 1. The van der Waals surface area contributed by atoms with Gasteiger partial charge in [0.05, 0.1) is 0 Å². The van der Waals surface area contributed by atoms with Crippen molar-refractivity contribution in [2.75, 3.05) is 30.3 Å². The molecule has 1 fully saturated rings. The van der Waals surface area contributed by atoms with E-state index in [2.05, 4.69) is 16.3 Å². The van der Waals surface area contributed by atoms with E-state index in [4.69, 9.17) is 5.73 Å².